The molecular weight excluding hydrogens is 617 g/mol. The van der Waals surface area contributed by atoms with Crippen molar-refractivity contribution in [2.24, 2.45) is 0 Å². The van der Waals surface area contributed by atoms with Crippen LogP contribution >= 0.6 is 0 Å². The fraction of sp³-hybridized carbons (Fsp3) is 0.0909. The Morgan fingerprint density at radius 3 is 1.06 bits per heavy atom. The van der Waals surface area contributed by atoms with Crippen molar-refractivity contribution in [3.05, 3.63) is 203 Å². The van der Waals surface area contributed by atoms with Crippen LogP contribution < -0.4 is 9.13 Å². The summed E-state index contributed by atoms with van der Waals surface area (Å²) in [5.41, 5.74) is 11.7. The lowest BCUT2D eigenvalue weighted by atomic mass is 10.0. The Balaban J connectivity index is 1.10. The van der Waals surface area contributed by atoms with Crippen LogP contribution in [0.15, 0.2) is 158 Å². The lowest BCUT2D eigenvalue weighted by Gasteiger charge is -2.05. The highest BCUT2D eigenvalue weighted by Crippen LogP contribution is 2.20. The van der Waals surface area contributed by atoms with Gasteiger partial charge in [0, 0.05) is 22.3 Å². The lowest BCUT2D eigenvalue weighted by molar-refractivity contribution is -0.663. The molecule has 2 aromatic heterocycles. The minimum absolute atomic E-state index is 0.0171. The Bertz CT molecular complexity index is 2190. The summed E-state index contributed by atoms with van der Waals surface area (Å²) in [5.74, 6) is 0.0343. The molecule has 6 nitrogen and oxygen atoms in total. The van der Waals surface area contributed by atoms with Gasteiger partial charge in [-0.3, -0.25) is 9.59 Å². The molecule has 0 saturated heterocycles. The fourth-order valence-electron chi connectivity index (χ4n) is 7.16. The third-order valence-corrected chi connectivity index (χ3v) is 9.83. The Morgan fingerprint density at radius 1 is 0.380 bits per heavy atom. The van der Waals surface area contributed by atoms with Gasteiger partial charge in [0.2, 0.25) is 12.7 Å². The first-order chi connectivity index (χ1) is 24.6. The van der Waals surface area contributed by atoms with Crippen LogP contribution in [0, 0.1) is 0 Å². The van der Waals surface area contributed by atoms with Crippen molar-refractivity contribution in [2.45, 2.75) is 26.2 Å². The zero-order valence-electron chi connectivity index (χ0n) is 27.4. The molecule has 0 saturated carbocycles. The summed E-state index contributed by atoms with van der Waals surface area (Å²) in [7, 11) is 0. The van der Waals surface area contributed by atoms with Gasteiger partial charge in [-0.1, -0.05) is 121 Å². The molecule has 6 heteroatoms. The Kier molecular flexibility index (Phi) is 7.28. The third kappa shape index (κ3) is 5.51. The van der Waals surface area contributed by atoms with Gasteiger partial charge in [0.1, 0.15) is 26.2 Å². The van der Waals surface area contributed by atoms with E-state index in [-0.39, 0.29) is 11.6 Å². The minimum atomic E-state index is 0.0171. The SMILES string of the molecule is O=C1c2ccc(cc2)Cn2c[n+](c3ccccc32)Cc2ccc(cc2)C(=O)c2ccc(cc2)C[n+]2cn(c3ccccc32)Cc2ccc1cc2. The number of ketones is 2. The highest BCUT2D eigenvalue weighted by molar-refractivity contribution is 6.09. The summed E-state index contributed by atoms with van der Waals surface area (Å²) in [5, 5.41) is 0. The van der Waals surface area contributed by atoms with Crippen LogP contribution in [0.2, 0.25) is 0 Å². The van der Waals surface area contributed by atoms with Gasteiger partial charge in [-0.05, 0) is 46.5 Å². The molecule has 7 aliphatic rings. The zero-order chi connectivity index (χ0) is 33.6. The van der Waals surface area contributed by atoms with Gasteiger partial charge in [0.15, 0.2) is 33.6 Å². The van der Waals surface area contributed by atoms with Crippen molar-refractivity contribution in [1.82, 2.24) is 9.13 Å². The molecule has 0 aliphatic carbocycles. The van der Waals surface area contributed by atoms with Crippen molar-refractivity contribution in [2.75, 3.05) is 0 Å². The quantitative estimate of drug-likeness (QED) is 0.164. The summed E-state index contributed by atoms with van der Waals surface area (Å²) in [4.78, 5) is 27.0. The van der Waals surface area contributed by atoms with Crippen LogP contribution in [0.5, 0.6) is 0 Å². The van der Waals surface area contributed by atoms with Crippen molar-refractivity contribution in [1.29, 1.82) is 0 Å². The number of aromatic nitrogens is 4. The van der Waals surface area contributed by atoms with Crippen LogP contribution in [0.3, 0.4) is 0 Å². The number of para-hydroxylation sites is 4. The Morgan fingerprint density at radius 2 is 0.700 bits per heavy atom. The second-order valence-electron chi connectivity index (χ2n) is 13.2. The maximum atomic E-state index is 13.5. The van der Waals surface area contributed by atoms with E-state index in [1.165, 1.54) is 0 Å². The van der Waals surface area contributed by atoms with Gasteiger partial charge in [-0.25, -0.2) is 18.3 Å². The molecule has 7 aliphatic heterocycles. The van der Waals surface area contributed by atoms with E-state index in [0.717, 1.165) is 44.3 Å². The van der Waals surface area contributed by atoms with Gasteiger partial charge in [-0.2, -0.15) is 0 Å². The van der Waals surface area contributed by atoms with Crippen LogP contribution in [0.1, 0.15) is 54.1 Å². The standard InChI is InChI=1S/C44H34N4O2/c49-43-35-17-9-31(10-18-35)25-45-29-46(40-6-2-1-5-39(40)45)26-32-11-19-36(20-12-32)44(50)38-23-15-34(16-24-38)28-48-30-47(41-7-3-4-8-42(41)48)27-33-13-21-37(43)22-14-33/h1-24,29-30H,25-28H2/q+2. The lowest BCUT2D eigenvalue weighted by Crippen LogP contribution is -2.32. The van der Waals surface area contributed by atoms with Crippen LogP contribution in [-0.2, 0) is 26.2 Å². The maximum Gasteiger partial charge on any atom is 0.245 e. The molecule has 240 valence electrons. The first-order valence-corrected chi connectivity index (χ1v) is 17.0. The second kappa shape index (κ2) is 12.2. The van der Waals surface area contributed by atoms with E-state index in [1.807, 2.05) is 97.1 Å². The van der Waals surface area contributed by atoms with Crippen molar-refractivity contribution >= 4 is 33.6 Å². The normalized spacial score (nSPS) is 13.4. The minimum Gasteiger partial charge on any atom is -0.289 e. The number of carbonyl (C=O) groups excluding carboxylic acids is 2. The topological polar surface area (TPSA) is 51.8 Å². The average Bonchev–Trinajstić information content (AvgIpc) is 3.68. The molecule has 50 heavy (non-hydrogen) atoms. The highest BCUT2D eigenvalue weighted by Gasteiger charge is 2.19. The van der Waals surface area contributed by atoms with E-state index in [0.29, 0.717) is 48.4 Å². The molecule has 0 spiro atoms. The molecule has 0 atom stereocenters. The van der Waals surface area contributed by atoms with Gasteiger partial charge < -0.3 is 0 Å². The van der Waals surface area contributed by atoms with E-state index in [2.05, 4.69) is 79.5 Å². The van der Waals surface area contributed by atoms with Crippen molar-refractivity contribution in [3.8, 4) is 0 Å². The molecule has 8 aromatic rings. The molecule has 0 radical (unpaired) electrons. The van der Waals surface area contributed by atoms with E-state index < -0.39 is 0 Å². The number of imidazole rings is 2. The van der Waals surface area contributed by atoms with Gasteiger partial charge in [-0.15, -0.1) is 0 Å². The van der Waals surface area contributed by atoms with E-state index in [4.69, 9.17) is 0 Å². The van der Waals surface area contributed by atoms with Crippen LogP contribution in [-0.4, -0.2) is 20.7 Å². The number of hydrogen-bond donors (Lipinski definition) is 0. The third-order valence-electron chi connectivity index (χ3n) is 9.83. The van der Waals surface area contributed by atoms with Gasteiger partial charge in [0.25, 0.3) is 0 Å². The Labute approximate surface area is 289 Å². The second-order valence-corrected chi connectivity index (χ2v) is 13.2. The molecule has 0 N–H and O–H groups in total. The van der Waals surface area contributed by atoms with Crippen LogP contribution in [0.4, 0.5) is 0 Å². The van der Waals surface area contributed by atoms with Crippen molar-refractivity contribution in [3.63, 3.8) is 0 Å². The summed E-state index contributed by atoms with van der Waals surface area (Å²) in [6.45, 7) is 2.71. The smallest absolute Gasteiger partial charge is 0.245 e. The number of benzene rings is 6. The molecule has 15 rings (SSSR count). The zero-order valence-corrected chi connectivity index (χ0v) is 27.4. The number of carbonyl (C=O) groups is 2. The Hall–Kier alpha value is -6.40. The van der Waals surface area contributed by atoms with E-state index in [9.17, 15) is 9.59 Å². The number of rotatable bonds is 0. The molecule has 6 aromatic carbocycles. The number of hydrogen-bond acceptors (Lipinski definition) is 2. The first kappa shape index (κ1) is 29.7. The molecule has 9 heterocycles. The average molecular weight is 651 g/mol. The van der Waals surface area contributed by atoms with Gasteiger partial charge >= 0.3 is 0 Å². The number of nitrogens with zero attached hydrogens (tertiary/aromatic N) is 4. The predicted octanol–water partition coefficient (Wildman–Crippen LogP) is 7.14. The molecule has 0 unspecified atom stereocenters. The highest BCUT2D eigenvalue weighted by atomic mass is 16.1. The first-order valence-electron chi connectivity index (χ1n) is 17.0. The molecule has 0 amide bonds. The monoisotopic (exact) mass is 650 g/mol. The summed E-state index contributed by atoms with van der Waals surface area (Å²) in [6, 6.07) is 48.6. The fourth-order valence-corrected chi connectivity index (χ4v) is 7.16. The molecule has 0 fully saturated rings. The van der Waals surface area contributed by atoms with Crippen molar-refractivity contribution < 1.29 is 18.7 Å². The van der Waals surface area contributed by atoms with Crippen LogP contribution in [0.25, 0.3) is 22.1 Å². The number of fused-ring (bicyclic) bond motifs is 2. The maximum absolute atomic E-state index is 13.5. The summed E-state index contributed by atoms with van der Waals surface area (Å²) in [6.07, 6.45) is 4.30. The predicted molar refractivity (Wildman–Crippen MR) is 193 cm³/mol. The largest absolute Gasteiger partial charge is 0.289 e. The molecular formula is C44H34N4O2+2. The summed E-state index contributed by atoms with van der Waals surface area (Å²) < 4.78 is 8.99. The van der Waals surface area contributed by atoms with Gasteiger partial charge in [0.05, 0.1) is 0 Å². The summed E-state index contributed by atoms with van der Waals surface area (Å²) >= 11 is 0. The molecule has 12 bridgehead atoms. The van der Waals surface area contributed by atoms with E-state index in [1.54, 1.807) is 0 Å². The van der Waals surface area contributed by atoms with E-state index >= 15 is 0 Å².